The summed E-state index contributed by atoms with van der Waals surface area (Å²) in [5.74, 6) is 13.2. The minimum Gasteiger partial charge on any atom is -0.494 e. The second-order valence-electron chi connectivity index (χ2n) is 46.1. The van der Waals surface area contributed by atoms with Crippen molar-refractivity contribution in [3.8, 4) is 23.3 Å². The van der Waals surface area contributed by atoms with Crippen molar-refractivity contribution in [3.63, 3.8) is 0 Å². The van der Waals surface area contributed by atoms with Crippen LogP contribution in [0.1, 0.15) is 554 Å². The van der Waals surface area contributed by atoms with Gasteiger partial charge in [-0.25, -0.2) is 9.97 Å². The maximum Gasteiger partial charge on any atom is 0.134 e. The second-order valence-corrected chi connectivity index (χ2v) is 47.0. The van der Waals surface area contributed by atoms with E-state index in [1.165, 1.54) is 137 Å². The van der Waals surface area contributed by atoms with Gasteiger partial charge >= 0.3 is 0 Å². The fourth-order valence-electron chi connectivity index (χ4n) is 17.4. The number of halogens is 1. The summed E-state index contributed by atoms with van der Waals surface area (Å²) in [4.78, 5) is 27.4. The number of hydrogen-bond acceptors (Lipinski definition) is 11. The zero-order chi connectivity index (χ0) is 112. The summed E-state index contributed by atoms with van der Waals surface area (Å²) in [5, 5.41) is 20.4. The smallest absolute Gasteiger partial charge is 0.134 e. The van der Waals surface area contributed by atoms with Crippen molar-refractivity contribution in [2.45, 2.75) is 448 Å². The molecule has 11 aromatic rings. The van der Waals surface area contributed by atoms with Gasteiger partial charge in [0.15, 0.2) is 0 Å². The molecule has 0 saturated carbocycles. The number of likely N-dealkylation sites (N-methyl/N-ethyl adjacent to an activating group) is 1. The van der Waals surface area contributed by atoms with Gasteiger partial charge in [-0.1, -0.05) is 364 Å². The van der Waals surface area contributed by atoms with Crippen LogP contribution < -0.4 is 19.1 Å². The van der Waals surface area contributed by atoms with Gasteiger partial charge in [-0.2, -0.15) is 15.5 Å². The van der Waals surface area contributed by atoms with Crippen molar-refractivity contribution in [1.82, 2.24) is 44.4 Å². The fourth-order valence-corrected chi connectivity index (χ4v) is 18.2. The number of carbonyl (C=O) groups is 1. The predicted molar refractivity (Wildman–Crippen MR) is 645 cm³/mol. The lowest BCUT2D eigenvalue weighted by atomic mass is 9.87. The minimum absolute atomic E-state index is 0.229. The topological polar surface area (TPSA) is 168 Å². The SMILES string of the molecule is CC(=O)Cc1ccc(C(C)C)c(C(C)C)c1.CC(C)c1ccc(OCCN(C)C)cc1C(C)C.CC(C)c1cccc(C#N)c1C(C)C.CC(C)c1ccccc1Br.CC(C)c1ccccc1N1CCCC1.CC(C)c1cn[nH]c1C(C)C.CC(C)c1cncn1C(C)C.CC(C)c1cnn(C(C)C)c1.CC(C)c1nc[nH]c1C(C)C.CCCOc1ccc(C(C)C)c(C(C)C)c1.CCCOc1ccc(C(C)C)c(C(C)C)c1. The quantitative estimate of drug-likeness (QED) is 0.0402. The van der Waals surface area contributed by atoms with Gasteiger partial charge in [0.25, 0.3) is 0 Å². The molecule has 0 atom stereocenters. The lowest BCUT2D eigenvalue weighted by Crippen LogP contribution is -2.19. The van der Waals surface area contributed by atoms with Gasteiger partial charge in [-0.3, -0.25) is 14.6 Å². The summed E-state index contributed by atoms with van der Waals surface area (Å²) in [6, 6.07) is 52.4. The lowest BCUT2D eigenvalue weighted by molar-refractivity contribution is -0.116. The normalized spacial score (nSPS) is 11.7. The third-order valence-corrected chi connectivity index (χ3v) is 26.6. The molecule has 0 amide bonds. The van der Waals surface area contributed by atoms with E-state index in [2.05, 4.69) is 499 Å². The molecule has 0 bridgehead atoms. The van der Waals surface area contributed by atoms with E-state index in [1.54, 1.807) is 13.3 Å². The Morgan fingerprint density at radius 1 is 0.419 bits per heavy atom. The average Bonchev–Trinajstić information content (AvgIpc) is 1.25. The molecule has 5 heterocycles. The molecule has 0 unspecified atom stereocenters. The highest BCUT2D eigenvalue weighted by Crippen LogP contribution is 2.37. The number of imidazole rings is 2. The van der Waals surface area contributed by atoms with Gasteiger partial charge in [0.1, 0.15) is 29.6 Å². The molecule has 1 aliphatic heterocycles. The molecular formula is C132H208BrN11O4. The lowest BCUT2D eigenvalue weighted by Gasteiger charge is -2.22. The summed E-state index contributed by atoms with van der Waals surface area (Å²) in [6.07, 6.45) is 17.0. The first-order valence-corrected chi connectivity index (χ1v) is 57.1. The van der Waals surface area contributed by atoms with Gasteiger partial charge in [0.2, 0.25) is 0 Å². The molecule has 148 heavy (non-hydrogen) atoms. The molecule has 16 heteroatoms. The molecule has 15 nitrogen and oxygen atoms in total. The van der Waals surface area contributed by atoms with E-state index in [1.807, 2.05) is 47.8 Å². The number of carbonyl (C=O) groups excluding carboxylic acids is 1. The first kappa shape index (κ1) is 134. The summed E-state index contributed by atoms with van der Waals surface area (Å²) in [7, 11) is 4.12. The maximum absolute atomic E-state index is 11.1. The number of hydrogen-bond donors (Lipinski definition) is 2. The van der Waals surface area contributed by atoms with Gasteiger partial charge < -0.3 is 33.6 Å². The van der Waals surface area contributed by atoms with E-state index in [0.717, 1.165) is 67.6 Å². The molecule has 4 aromatic heterocycles. The number of nitrogens with zero attached hydrogens (tertiary/aromatic N) is 9. The summed E-state index contributed by atoms with van der Waals surface area (Å²) in [6.45, 7) is 99.8. The Hall–Kier alpha value is -9.82. The molecule has 7 aromatic carbocycles. The third-order valence-electron chi connectivity index (χ3n) is 25.9. The molecule has 12 rings (SSSR count). The number of nitriles is 1. The van der Waals surface area contributed by atoms with Crippen molar-refractivity contribution in [3.05, 3.63) is 293 Å². The van der Waals surface area contributed by atoms with E-state index in [9.17, 15) is 4.79 Å². The van der Waals surface area contributed by atoms with Gasteiger partial charge in [-0.05, 0) is 319 Å². The maximum atomic E-state index is 11.1. The van der Waals surface area contributed by atoms with E-state index >= 15 is 0 Å². The number of rotatable bonds is 33. The number of H-pyrrole nitrogens is 2. The molecule has 0 spiro atoms. The van der Waals surface area contributed by atoms with Crippen LogP contribution in [0.3, 0.4) is 0 Å². The van der Waals surface area contributed by atoms with Crippen LogP contribution in [0.25, 0.3) is 0 Å². The zero-order valence-electron chi connectivity index (χ0n) is 102. The van der Waals surface area contributed by atoms with Gasteiger partial charge in [-0.15, -0.1) is 0 Å². The number of Topliss-reactive ketones (excluding diaryl/α,β-unsaturated/α-hetero) is 1. The fraction of sp³-hybridized carbons (Fsp3) is 0.576. The number of anilines is 1. The number of ether oxygens (including phenoxy) is 3. The van der Waals surface area contributed by atoms with E-state index in [-0.39, 0.29) is 5.78 Å². The molecule has 2 N–H and O–H groups in total. The summed E-state index contributed by atoms with van der Waals surface area (Å²) < 4.78 is 22.6. The van der Waals surface area contributed by atoms with Crippen LogP contribution in [0.15, 0.2) is 181 Å². The molecular weight excluding hydrogens is 1880 g/mol. The number of aromatic amines is 2. The number of para-hydroxylation sites is 1. The molecule has 0 radical (unpaired) electrons. The Morgan fingerprint density at radius 3 is 1.18 bits per heavy atom. The minimum atomic E-state index is 0.229. The first-order chi connectivity index (χ1) is 69.5. The van der Waals surface area contributed by atoms with Crippen LogP contribution in [0, 0.1) is 11.3 Å². The number of aromatic nitrogens is 8. The van der Waals surface area contributed by atoms with Crippen molar-refractivity contribution in [2.75, 3.05) is 58.5 Å². The Labute approximate surface area is 913 Å². The van der Waals surface area contributed by atoms with E-state index in [0.29, 0.717) is 125 Å². The Bertz CT molecular complexity index is 5210. The highest BCUT2D eigenvalue weighted by molar-refractivity contribution is 9.10. The van der Waals surface area contributed by atoms with Crippen molar-refractivity contribution >= 4 is 27.4 Å². The third kappa shape index (κ3) is 47.8. The van der Waals surface area contributed by atoms with Crippen LogP contribution in [0.2, 0.25) is 0 Å². The monoisotopic (exact) mass is 2090 g/mol. The largest absolute Gasteiger partial charge is 0.494 e. The van der Waals surface area contributed by atoms with Crippen LogP contribution >= 0.6 is 15.9 Å². The molecule has 1 fully saturated rings. The Kier molecular flexibility index (Phi) is 63.8. The van der Waals surface area contributed by atoms with Crippen molar-refractivity contribution < 1.29 is 19.0 Å². The van der Waals surface area contributed by atoms with Crippen LogP contribution in [0.5, 0.6) is 17.2 Å². The van der Waals surface area contributed by atoms with E-state index < -0.39 is 0 Å². The standard InChI is InChI=1S/C16H27NO.C15H22O.2C15H24O.C13H19N.C13H17N.C9H11Br.4C9H16N2/c1-12(2)15-8-7-14(11-16(15)13(3)4)18-10-9-17(5)6;1-10(2)14-7-6-13(8-12(5)16)9-15(14)11(3)4;2*1-6-9-16-13-7-8-14(11(2)3)15(10-13)12(4)5;1-11(2)12-7-3-4-8-13(12)14-9-5-6-10-14;1-9(2)12-7-5-6-11(8-14)13(12)10(3)4;1-7(2)8-5-3-4-6-9(8)10;1-7(2)9-5-10-6-11(9)8(3)4;1-7(2)9-5-10-11(6-9)8(3)4;1-6(2)8-9(7(3)4)11-5-10-8;1-6(2)8-5-10-11-9(8)7(3)4/h7-8,11-13H,9-10H2,1-6H3;6-7,9-11H,8H2,1-5H3;2*7-8,10-12H,6,9H2,1-5H3;3-4,7-8,11H,5-6,9-10H2,1-2H3;5-7,9-10H,1-4H3;3-7H,1-2H3;2*5-8H,1-4H3;2*5-7H,1-4H3,(H,10,11). The van der Waals surface area contributed by atoms with E-state index in [4.69, 9.17) is 19.5 Å². The number of benzene rings is 7. The number of nitrogens with one attached hydrogen (secondary N) is 2. The Morgan fingerprint density at radius 2 is 0.838 bits per heavy atom. The molecule has 1 saturated heterocycles. The molecule has 0 aliphatic carbocycles. The number of ketones is 1. The highest BCUT2D eigenvalue weighted by Gasteiger charge is 2.22. The van der Waals surface area contributed by atoms with Gasteiger partial charge in [0.05, 0.1) is 55.6 Å². The Balaban J connectivity index is 0.000000552. The van der Waals surface area contributed by atoms with Gasteiger partial charge in [0, 0.05) is 77.8 Å². The van der Waals surface area contributed by atoms with Crippen molar-refractivity contribution in [2.24, 2.45) is 0 Å². The molecule has 1 aliphatic rings. The highest BCUT2D eigenvalue weighted by atomic mass is 79.9. The first-order valence-electron chi connectivity index (χ1n) is 56.3. The van der Waals surface area contributed by atoms with Crippen LogP contribution in [-0.2, 0) is 11.2 Å². The van der Waals surface area contributed by atoms with Crippen LogP contribution in [-0.4, -0.2) is 104 Å². The molecule has 822 valence electrons. The zero-order valence-corrected chi connectivity index (χ0v) is 103. The second kappa shape index (κ2) is 70.3. The predicted octanol–water partition coefficient (Wildman–Crippen LogP) is 38.7. The summed E-state index contributed by atoms with van der Waals surface area (Å²) >= 11 is 3.50. The summed E-state index contributed by atoms with van der Waals surface area (Å²) in [5.41, 5.74) is 27.9. The average molecular weight is 2090 g/mol. The van der Waals surface area contributed by atoms with Crippen molar-refractivity contribution in [1.29, 1.82) is 5.26 Å². The van der Waals surface area contributed by atoms with Crippen LogP contribution in [0.4, 0.5) is 5.69 Å².